The molecule has 52 heavy (non-hydrogen) atoms. The van der Waals surface area contributed by atoms with Crippen molar-refractivity contribution in [3.8, 4) is 11.1 Å². The Morgan fingerprint density at radius 3 is 1.62 bits per heavy atom. The normalized spacial score (nSPS) is 14.1. The topological polar surface area (TPSA) is 0 Å². The molecule has 0 nitrogen and oxygen atoms in total. The zero-order chi connectivity index (χ0) is 35.2. The molecule has 0 radical (unpaired) electrons. The van der Waals surface area contributed by atoms with Crippen LogP contribution in [0.5, 0.6) is 0 Å². The van der Waals surface area contributed by atoms with Gasteiger partial charge in [0.1, 0.15) is 0 Å². The van der Waals surface area contributed by atoms with Crippen molar-refractivity contribution < 1.29 is 18.3 Å². The van der Waals surface area contributed by atoms with E-state index in [0.717, 1.165) is 33.7 Å². The molecule has 2 aliphatic rings. The summed E-state index contributed by atoms with van der Waals surface area (Å²) in [5.74, 6) is 0. The third kappa shape index (κ3) is 5.69. The molecule has 5 heteroatoms. The van der Waals surface area contributed by atoms with E-state index in [0.29, 0.717) is 0 Å². The minimum atomic E-state index is -5.29. The summed E-state index contributed by atoms with van der Waals surface area (Å²) in [4.78, 5) is 0. The van der Waals surface area contributed by atoms with Crippen molar-refractivity contribution in [2.75, 3.05) is 0 Å². The van der Waals surface area contributed by atoms with Crippen molar-refractivity contribution >= 4 is 83.6 Å². The van der Waals surface area contributed by atoms with Gasteiger partial charge in [-0.25, -0.2) is 0 Å². The second-order valence-corrected chi connectivity index (χ2v) is 30.2. The van der Waals surface area contributed by atoms with E-state index in [9.17, 15) is 0 Å². The second kappa shape index (κ2) is 13.5. The SMILES string of the molecule is Cl.Cl.[CH2]=[Zr]([C]1=CC=CC1)([c]1cc(C(C)(C)C)cc2c1Cc1ccc(C(C)(C)C)cc1-2)([c]1cccc2c(Cl)cccc12)[c]1cccc2c(Cl)cccc12. The molecule has 0 aliphatic heterocycles. The fourth-order valence-corrected chi connectivity index (χ4v) is 26.3. The molecule has 0 amide bonds. The van der Waals surface area contributed by atoms with Gasteiger partial charge in [-0.1, -0.05) is 0 Å². The summed E-state index contributed by atoms with van der Waals surface area (Å²) in [6.45, 7) is 14.0. The van der Waals surface area contributed by atoms with Gasteiger partial charge in [-0.2, -0.15) is 0 Å². The van der Waals surface area contributed by atoms with Crippen LogP contribution in [0.25, 0.3) is 32.7 Å². The Bertz CT molecular complexity index is 2450. The zero-order valence-electron chi connectivity index (χ0n) is 30.7. The predicted molar refractivity (Wildman–Crippen MR) is 232 cm³/mol. The van der Waals surface area contributed by atoms with Gasteiger partial charge in [0.25, 0.3) is 0 Å². The van der Waals surface area contributed by atoms with Crippen molar-refractivity contribution in [2.45, 2.75) is 65.2 Å². The molecule has 0 N–H and O–H groups in total. The van der Waals surface area contributed by atoms with Crippen LogP contribution in [0.3, 0.4) is 0 Å². The third-order valence-electron chi connectivity index (χ3n) is 11.8. The number of allylic oxidation sites excluding steroid dienone is 4. The summed E-state index contributed by atoms with van der Waals surface area (Å²) in [5.41, 5.74) is 8.20. The van der Waals surface area contributed by atoms with E-state index in [2.05, 4.69) is 151 Å². The molecule has 266 valence electrons. The Morgan fingerprint density at radius 2 is 1.10 bits per heavy atom. The summed E-state index contributed by atoms with van der Waals surface area (Å²) in [6.07, 6.45) is 8.72. The van der Waals surface area contributed by atoms with Gasteiger partial charge in [0.15, 0.2) is 0 Å². The summed E-state index contributed by atoms with van der Waals surface area (Å²) < 4.78 is 11.4. The fraction of sp³-hybridized carbons (Fsp3) is 0.213. The first-order valence-electron chi connectivity index (χ1n) is 17.8. The first kappa shape index (κ1) is 38.9. The van der Waals surface area contributed by atoms with Crippen LogP contribution >= 0.6 is 48.0 Å². The van der Waals surface area contributed by atoms with Crippen LogP contribution in [-0.4, -0.2) is 4.21 Å². The number of fused-ring (bicyclic) bond motifs is 5. The van der Waals surface area contributed by atoms with E-state index in [1.54, 1.807) is 0 Å². The number of rotatable bonds is 4. The summed E-state index contributed by atoms with van der Waals surface area (Å²) in [7, 11) is 0. The third-order valence-corrected chi connectivity index (χ3v) is 28.8. The molecule has 0 heterocycles. The van der Waals surface area contributed by atoms with E-state index in [1.165, 1.54) is 57.2 Å². The van der Waals surface area contributed by atoms with Gasteiger partial charge < -0.3 is 0 Å². The fourth-order valence-electron chi connectivity index (χ4n) is 8.98. The first-order valence-corrected chi connectivity index (χ1v) is 25.2. The number of hydrogen-bond acceptors (Lipinski definition) is 0. The Hall–Kier alpha value is -2.77. The molecular weight excluding hydrogens is 798 g/mol. The average molecular weight is 844 g/mol. The van der Waals surface area contributed by atoms with Crippen molar-refractivity contribution in [3.05, 3.63) is 157 Å². The molecule has 0 unspecified atom stereocenters. The minimum absolute atomic E-state index is 0. The van der Waals surface area contributed by atoms with Gasteiger partial charge in [0.05, 0.1) is 0 Å². The molecule has 8 rings (SSSR count). The maximum atomic E-state index is 7.04. The van der Waals surface area contributed by atoms with E-state index in [4.69, 9.17) is 27.4 Å². The van der Waals surface area contributed by atoms with Crippen LogP contribution in [0.15, 0.2) is 125 Å². The molecule has 0 aromatic heterocycles. The van der Waals surface area contributed by atoms with E-state index in [1.807, 2.05) is 12.1 Å². The van der Waals surface area contributed by atoms with Crippen LogP contribution < -0.4 is 9.81 Å². The van der Waals surface area contributed by atoms with E-state index < -0.39 is 18.3 Å². The van der Waals surface area contributed by atoms with Crippen LogP contribution in [0.2, 0.25) is 10.0 Å². The monoisotopic (exact) mass is 840 g/mol. The van der Waals surface area contributed by atoms with Crippen molar-refractivity contribution in [1.82, 2.24) is 0 Å². The second-order valence-electron chi connectivity index (χ2n) is 16.7. The van der Waals surface area contributed by atoms with Gasteiger partial charge in [-0.15, -0.1) is 24.8 Å². The number of halogens is 4. The first-order chi connectivity index (χ1) is 23.7. The molecule has 2 aliphatic carbocycles. The van der Waals surface area contributed by atoms with Crippen molar-refractivity contribution in [3.63, 3.8) is 0 Å². The number of benzene rings is 6. The van der Waals surface area contributed by atoms with Crippen LogP contribution in [-0.2, 0) is 35.5 Å². The van der Waals surface area contributed by atoms with E-state index >= 15 is 0 Å². The Labute approximate surface area is 332 Å². The average Bonchev–Trinajstić information content (AvgIpc) is 3.76. The zero-order valence-corrected chi connectivity index (χ0v) is 36.3. The van der Waals surface area contributed by atoms with Crippen LogP contribution in [0.1, 0.15) is 70.2 Å². The summed E-state index contributed by atoms with van der Waals surface area (Å²) in [6, 6.07) is 38.6. The van der Waals surface area contributed by atoms with Gasteiger partial charge in [0, 0.05) is 0 Å². The number of hydrogen-bond donors (Lipinski definition) is 0. The molecule has 0 atom stereocenters. The maximum absolute atomic E-state index is 7.04. The van der Waals surface area contributed by atoms with Gasteiger partial charge in [-0.05, 0) is 0 Å². The molecule has 0 fully saturated rings. The van der Waals surface area contributed by atoms with Crippen molar-refractivity contribution in [2.24, 2.45) is 0 Å². The molecule has 0 bridgehead atoms. The van der Waals surface area contributed by atoms with Gasteiger partial charge in [-0.3, -0.25) is 0 Å². The summed E-state index contributed by atoms with van der Waals surface area (Å²) >= 11 is 8.79. The Kier molecular flexibility index (Phi) is 10.1. The molecule has 0 saturated heterocycles. The summed E-state index contributed by atoms with van der Waals surface area (Å²) in [5, 5.41) is 6.05. The van der Waals surface area contributed by atoms with Gasteiger partial charge in [0.2, 0.25) is 0 Å². The molecule has 0 saturated carbocycles. The molecular formula is C47H46Cl4Zr. The van der Waals surface area contributed by atoms with Crippen molar-refractivity contribution in [1.29, 1.82) is 0 Å². The quantitative estimate of drug-likeness (QED) is 0.166. The Morgan fingerprint density at radius 1 is 0.577 bits per heavy atom. The van der Waals surface area contributed by atoms with E-state index in [-0.39, 0.29) is 35.6 Å². The van der Waals surface area contributed by atoms with Crippen LogP contribution in [0.4, 0.5) is 0 Å². The molecule has 6 aromatic carbocycles. The predicted octanol–water partition coefficient (Wildman–Crippen LogP) is 12.6. The van der Waals surface area contributed by atoms with Crippen LogP contribution in [0, 0.1) is 0 Å². The van der Waals surface area contributed by atoms with Gasteiger partial charge >= 0.3 is 310 Å². The standard InChI is InChI=1S/C21H25.2C10H6Cl.C5H5.CH2.2ClH.Zr/c1-20(2,3)16-9-7-14-11-15-8-10-17(21(4,5)6)13-19(15)18(14)12-16;2*11-10-7-3-5-8-4-1-2-6-9(8)10;1-2-4-5-3-1;;;;/h7,9-10,12-13H,11H2,1-6H3;2*1-3,5-7H;1-3H,4H2;1H2;2*1H;. The molecule has 6 aromatic rings. The Balaban J connectivity index is 0.00000232. The molecule has 0 spiro atoms.